The summed E-state index contributed by atoms with van der Waals surface area (Å²) >= 11 is 0. The number of ether oxygens (including phenoxy) is 2. The summed E-state index contributed by atoms with van der Waals surface area (Å²) in [5.74, 6) is -0.853. The van der Waals surface area contributed by atoms with Gasteiger partial charge < -0.3 is 19.7 Å². The highest BCUT2D eigenvalue weighted by molar-refractivity contribution is 7.47. The smallest absolute Gasteiger partial charge is 0.462 e. The third kappa shape index (κ3) is 41.6. The number of likely N-dealkylation sites (N-methyl/N-ethyl adjacent to an activating group) is 1. The van der Waals surface area contributed by atoms with Crippen LogP contribution in [0.1, 0.15) is 194 Å². The Morgan fingerprint density at radius 2 is 0.964 bits per heavy atom. The van der Waals surface area contributed by atoms with Crippen molar-refractivity contribution in [1.29, 1.82) is 0 Å². The van der Waals surface area contributed by atoms with Gasteiger partial charge in [-0.05, 0) is 84.1 Å². The quantitative estimate of drug-likeness (QED) is 0.0269. The lowest BCUT2D eigenvalue weighted by Gasteiger charge is -2.20. The molecule has 326 valence electrons. The summed E-state index contributed by atoms with van der Waals surface area (Å²) in [4.78, 5) is 35.1. The van der Waals surface area contributed by atoms with E-state index in [4.69, 9.17) is 18.5 Å². The van der Waals surface area contributed by atoms with Crippen LogP contribution >= 0.6 is 7.82 Å². The Labute approximate surface area is 343 Å². The zero-order chi connectivity index (χ0) is 41.1. The molecule has 0 heterocycles. The number of carbonyl (C=O) groups is 2. The lowest BCUT2D eigenvalue weighted by molar-refractivity contribution is -0.161. The van der Waals surface area contributed by atoms with Crippen LogP contribution < -0.4 is 5.32 Å². The molecule has 0 aliphatic carbocycles. The zero-order valence-electron chi connectivity index (χ0n) is 36.1. The Bertz CT molecular complexity index is 1060. The molecule has 0 aromatic heterocycles. The van der Waals surface area contributed by atoms with Gasteiger partial charge >= 0.3 is 19.8 Å². The third-order valence-corrected chi connectivity index (χ3v) is 10.4. The molecule has 2 N–H and O–H groups in total. The number of esters is 2. The van der Waals surface area contributed by atoms with Crippen LogP contribution in [0, 0.1) is 0 Å². The Balaban J connectivity index is 4.25. The summed E-state index contributed by atoms with van der Waals surface area (Å²) in [6.45, 7) is 4.15. The van der Waals surface area contributed by atoms with Crippen molar-refractivity contribution in [3.8, 4) is 0 Å². The minimum Gasteiger partial charge on any atom is -0.462 e. The number of carbonyl (C=O) groups excluding carboxylic acids is 2. The molecule has 0 fully saturated rings. The number of allylic oxidation sites excluding steroid dienone is 8. The van der Waals surface area contributed by atoms with Crippen molar-refractivity contribution in [3.63, 3.8) is 0 Å². The largest absolute Gasteiger partial charge is 0.472 e. The highest BCUT2D eigenvalue weighted by atomic mass is 31.2. The molecule has 0 aromatic rings. The Morgan fingerprint density at radius 3 is 1.52 bits per heavy atom. The first-order valence-electron chi connectivity index (χ1n) is 22.6. The predicted molar refractivity (Wildman–Crippen MR) is 234 cm³/mol. The van der Waals surface area contributed by atoms with E-state index in [1.54, 1.807) is 7.05 Å². The summed E-state index contributed by atoms with van der Waals surface area (Å²) in [7, 11) is -2.66. The van der Waals surface area contributed by atoms with Gasteiger partial charge in [0.25, 0.3) is 0 Å². The molecule has 0 aliphatic heterocycles. The van der Waals surface area contributed by atoms with Crippen molar-refractivity contribution >= 4 is 19.8 Å². The molecule has 10 heteroatoms. The maximum Gasteiger partial charge on any atom is 0.472 e. The summed E-state index contributed by atoms with van der Waals surface area (Å²) in [5.41, 5.74) is 0. The summed E-state index contributed by atoms with van der Waals surface area (Å²) < 4.78 is 33.2. The second-order valence-electron chi connectivity index (χ2n) is 14.9. The van der Waals surface area contributed by atoms with Crippen molar-refractivity contribution < 1.29 is 37.6 Å². The molecule has 0 aromatic carbocycles. The highest BCUT2D eigenvalue weighted by Gasteiger charge is 2.26. The summed E-state index contributed by atoms with van der Waals surface area (Å²) in [6.07, 6.45) is 47.3. The van der Waals surface area contributed by atoms with E-state index in [-0.39, 0.29) is 26.1 Å². The Kier molecular flexibility index (Phi) is 41.0. The first-order valence-corrected chi connectivity index (χ1v) is 24.1. The second-order valence-corrected chi connectivity index (χ2v) is 16.3. The van der Waals surface area contributed by atoms with E-state index in [1.165, 1.54) is 103 Å². The van der Waals surface area contributed by atoms with E-state index < -0.39 is 32.5 Å². The van der Waals surface area contributed by atoms with Gasteiger partial charge in [0.15, 0.2) is 6.10 Å². The number of rotatable bonds is 42. The summed E-state index contributed by atoms with van der Waals surface area (Å²) in [5, 5.41) is 2.82. The molecule has 0 rings (SSSR count). The lowest BCUT2D eigenvalue weighted by Crippen LogP contribution is -2.29. The molecule has 2 unspecified atom stereocenters. The van der Waals surface area contributed by atoms with Gasteiger partial charge in [-0.25, -0.2) is 4.57 Å². The van der Waals surface area contributed by atoms with E-state index in [2.05, 4.69) is 67.8 Å². The molecule has 2 atom stereocenters. The van der Waals surface area contributed by atoms with Crippen molar-refractivity contribution in [2.45, 2.75) is 200 Å². The van der Waals surface area contributed by atoms with Gasteiger partial charge in [0.05, 0.1) is 13.2 Å². The van der Waals surface area contributed by atoms with Crippen molar-refractivity contribution in [2.75, 3.05) is 33.4 Å². The standard InChI is InChI=1S/C46H84NO8P/c1-4-6-8-10-12-14-16-18-20-21-22-23-25-27-29-31-33-35-37-39-46(49)55-44(43-54-56(50,51)53-41-40-47-3)42-52-45(48)38-36-34-32-30-28-26-24-19-17-15-13-11-9-7-5-2/h13,15,18-20,24,28,30,44,47H,4-12,14,16-17,21-23,25-27,29,31-43H2,1-3H3,(H,50,51)/b15-13-,20-18-,24-19-,30-28-. The average molecular weight is 810 g/mol. The minimum absolute atomic E-state index is 0.0243. The van der Waals surface area contributed by atoms with Crippen LogP contribution in [0.4, 0.5) is 0 Å². The molecule has 0 aliphatic rings. The maximum atomic E-state index is 12.6. The molecule has 0 radical (unpaired) electrons. The highest BCUT2D eigenvalue weighted by Crippen LogP contribution is 2.43. The number of phosphoric acid groups is 1. The van der Waals surface area contributed by atoms with Crippen molar-refractivity contribution in [3.05, 3.63) is 48.6 Å². The van der Waals surface area contributed by atoms with Crippen LogP contribution in [-0.2, 0) is 32.7 Å². The molecular weight excluding hydrogens is 725 g/mol. The molecule has 0 saturated carbocycles. The van der Waals surface area contributed by atoms with E-state index in [9.17, 15) is 19.0 Å². The fourth-order valence-electron chi connectivity index (χ4n) is 5.97. The summed E-state index contributed by atoms with van der Waals surface area (Å²) in [6, 6.07) is 0. The zero-order valence-corrected chi connectivity index (χ0v) is 37.0. The van der Waals surface area contributed by atoms with E-state index in [0.29, 0.717) is 19.4 Å². The van der Waals surface area contributed by atoms with Crippen LogP contribution in [-0.4, -0.2) is 56.3 Å². The fraction of sp³-hybridized carbons (Fsp3) is 0.783. The van der Waals surface area contributed by atoms with E-state index in [1.807, 2.05) is 0 Å². The van der Waals surface area contributed by atoms with Gasteiger partial charge in [-0.15, -0.1) is 0 Å². The van der Waals surface area contributed by atoms with Gasteiger partial charge in [0, 0.05) is 19.4 Å². The number of unbranched alkanes of at least 4 members (excludes halogenated alkanes) is 20. The van der Waals surface area contributed by atoms with Crippen LogP contribution in [0.15, 0.2) is 48.6 Å². The topological polar surface area (TPSA) is 120 Å². The Morgan fingerprint density at radius 1 is 0.554 bits per heavy atom. The van der Waals surface area contributed by atoms with E-state index >= 15 is 0 Å². The van der Waals surface area contributed by atoms with Gasteiger partial charge in [-0.2, -0.15) is 0 Å². The molecule has 0 spiro atoms. The Hall–Kier alpha value is -2.03. The number of hydrogen-bond donors (Lipinski definition) is 2. The monoisotopic (exact) mass is 810 g/mol. The normalized spacial score (nSPS) is 13.7. The SMILES string of the molecule is CCCCC/C=C\C/C=C\C/C=C\CCCCC(=O)OCC(COP(=O)(O)OCCNC)OC(=O)CCCCCCCCCCC/C=C\CCCCCCCC. The van der Waals surface area contributed by atoms with Crippen LogP contribution in [0.2, 0.25) is 0 Å². The molecule has 0 amide bonds. The van der Waals surface area contributed by atoms with Gasteiger partial charge in [-0.1, -0.05) is 152 Å². The molecule has 9 nitrogen and oxygen atoms in total. The van der Waals surface area contributed by atoms with Gasteiger partial charge in [-0.3, -0.25) is 18.6 Å². The minimum atomic E-state index is -4.36. The molecule has 56 heavy (non-hydrogen) atoms. The van der Waals surface area contributed by atoms with Crippen LogP contribution in [0.3, 0.4) is 0 Å². The molecule has 0 bridgehead atoms. The fourth-order valence-corrected chi connectivity index (χ4v) is 6.72. The lowest BCUT2D eigenvalue weighted by atomic mass is 10.1. The number of hydrogen-bond acceptors (Lipinski definition) is 8. The maximum absolute atomic E-state index is 12.6. The number of nitrogens with one attached hydrogen (secondary N) is 1. The van der Waals surface area contributed by atoms with Crippen molar-refractivity contribution in [2.24, 2.45) is 0 Å². The van der Waals surface area contributed by atoms with Gasteiger partial charge in [0.1, 0.15) is 6.61 Å². The first kappa shape index (κ1) is 54.0. The number of phosphoric ester groups is 1. The second kappa shape index (κ2) is 42.6. The molecular formula is C46H84NO8P. The van der Waals surface area contributed by atoms with Crippen LogP contribution in [0.5, 0.6) is 0 Å². The first-order chi connectivity index (χ1) is 27.3. The predicted octanol–water partition coefficient (Wildman–Crippen LogP) is 13.0. The van der Waals surface area contributed by atoms with Gasteiger partial charge in [0.2, 0.25) is 0 Å². The van der Waals surface area contributed by atoms with E-state index in [0.717, 1.165) is 51.4 Å². The van der Waals surface area contributed by atoms with Crippen molar-refractivity contribution in [1.82, 2.24) is 5.32 Å². The average Bonchev–Trinajstić information content (AvgIpc) is 3.18. The van der Waals surface area contributed by atoms with Crippen LogP contribution in [0.25, 0.3) is 0 Å². The third-order valence-electron chi connectivity index (χ3n) is 9.42. The molecule has 0 saturated heterocycles.